The second-order valence-electron chi connectivity index (χ2n) is 13.3. The molecule has 3 aliphatic rings. The third-order valence-electron chi connectivity index (χ3n) is 9.24. The van der Waals surface area contributed by atoms with Crippen molar-refractivity contribution >= 4 is 21.5 Å². The Morgan fingerprint density at radius 3 is 2.18 bits per heavy atom. The van der Waals surface area contributed by atoms with Gasteiger partial charge in [0, 0.05) is 34.8 Å². The van der Waals surface area contributed by atoms with Crippen molar-refractivity contribution in [1.29, 1.82) is 0 Å². The first kappa shape index (κ1) is 35.5. The van der Waals surface area contributed by atoms with Crippen LogP contribution in [0, 0.1) is 0 Å². The average Bonchev–Trinajstić information content (AvgIpc) is 3.55. The molecule has 0 unspecified atom stereocenters. The first-order valence-corrected chi connectivity index (χ1v) is 16.4. The summed E-state index contributed by atoms with van der Waals surface area (Å²) in [4.78, 5) is 50.4. The smallest absolute Gasteiger partial charge is 0.263 e. The number of benzene rings is 2. The van der Waals surface area contributed by atoms with Gasteiger partial charge in [-0.2, -0.15) is 0 Å². The fourth-order valence-electron chi connectivity index (χ4n) is 6.66. The van der Waals surface area contributed by atoms with Crippen LogP contribution in [0.15, 0.2) is 43.8 Å². The summed E-state index contributed by atoms with van der Waals surface area (Å²) in [5, 5.41) is 61.1. The molecule has 0 amide bonds. The maximum Gasteiger partial charge on any atom is 0.263 e. The molecule has 6 rings (SSSR count). The molecule has 1 aromatic carbocycles. The number of pyridine rings is 2. The van der Waals surface area contributed by atoms with E-state index in [4.69, 9.17) is 9.73 Å². The minimum absolute atomic E-state index is 0.131. The summed E-state index contributed by atoms with van der Waals surface area (Å²) in [7, 11) is 7.61. The number of aliphatic hydroxyl groups is 4. The molecule has 2 aliphatic heterocycles. The Morgan fingerprint density at radius 2 is 1.52 bits per heavy atom. The predicted molar refractivity (Wildman–Crippen MR) is 182 cm³/mol. The van der Waals surface area contributed by atoms with Crippen molar-refractivity contribution in [2.75, 3.05) is 47.9 Å². The van der Waals surface area contributed by atoms with Gasteiger partial charge in [0.05, 0.1) is 35.7 Å². The van der Waals surface area contributed by atoms with Gasteiger partial charge >= 0.3 is 0 Å². The van der Waals surface area contributed by atoms with Gasteiger partial charge in [0.2, 0.25) is 5.88 Å². The number of aromatic nitrogens is 5. The fraction of sp³-hybridized carbons (Fsp3) is 0.515. The Hall–Kier alpha value is -4.36. The Labute approximate surface area is 285 Å². The Balaban J connectivity index is 1.51. The predicted octanol–water partition coefficient (Wildman–Crippen LogP) is -2.07. The quantitative estimate of drug-likeness (QED) is 0.0888. The molecule has 5 atom stereocenters. The lowest BCUT2D eigenvalue weighted by Gasteiger charge is -2.39. The first-order valence-electron chi connectivity index (χ1n) is 16.4. The van der Waals surface area contributed by atoms with E-state index < -0.39 is 53.9 Å². The van der Waals surface area contributed by atoms with Gasteiger partial charge in [0.1, 0.15) is 30.1 Å². The van der Waals surface area contributed by atoms with Gasteiger partial charge in [-0.1, -0.05) is 5.21 Å². The zero-order chi connectivity index (χ0) is 36.0. The van der Waals surface area contributed by atoms with Crippen molar-refractivity contribution < 1.29 is 30.3 Å². The molecule has 5 N–H and O–H groups in total. The standard InChI is InChI=1S/C33H42N8O9/c1-37(2)9-5-11-39-29(46)18-7-8-19-24-23(18)20(31(39)48)13-21(25(24)32(49)40(30(19)47)12-6-10-38(3)4)34-14-17-15-41(36-35-17)33-28(45)27(44)26(43)22(16-42)50-33/h7-8,13,15,22,26-28,33,42-45,47H,5-6,9-12,14,16H2,1-4H3/t22-,26-,27+,28-,33-/m1/s1. The topological polar surface area (TPSA) is 221 Å². The van der Waals surface area contributed by atoms with E-state index in [0.29, 0.717) is 31.3 Å². The highest BCUT2D eigenvalue weighted by Crippen LogP contribution is 2.37. The van der Waals surface area contributed by atoms with E-state index in [1.165, 1.54) is 21.4 Å². The number of hydrogen-bond donors (Lipinski definition) is 5. The van der Waals surface area contributed by atoms with Crippen molar-refractivity contribution in [3.8, 4) is 17.0 Å². The minimum atomic E-state index is -1.61. The lowest BCUT2D eigenvalue weighted by molar-refractivity contribution is -0.254. The minimum Gasteiger partial charge on any atom is -0.494 e. The van der Waals surface area contributed by atoms with Crippen molar-refractivity contribution in [2.24, 2.45) is 4.99 Å². The van der Waals surface area contributed by atoms with E-state index in [0.717, 1.165) is 4.68 Å². The van der Waals surface area contributed by atoms with Gasteiger partial charge in [0.25, 0.3) is 16.7 Å². The third-order valence-corrected chi connectivity index (χ3v) is 9.24. The van der Waals surface area contributed by atoms with Crippen molar-refractivity contribution in [1.82, 2.24) is 33.9 Å². The van der Waals surface area contributed by atoms with E-state index in [9.17, 15) is 39.9 Å². The molecule has 1 fully saturated rings. The monoisotopic (exact) mass is 694 g/mol. The van der Waals surface area contributed by atoms with Crippen molar-refractivity contribution in [2.45, 2.75) is 63.1 Å². The second kappa shape index (κ2) is 14.1. The molecule has 17 nitrogen and oxygen atoms in total. The second-order valence-corrected chi connectivity index (χ2v) is 13.3. The van der Waals surface area contributed by atoms with Crippen LogP contribution in [0.4, 0.5) is 0 Å². The highest BCUT2D eigenvalue weighted by atomic mass is 16.6. The van der Waals surface area contributed by atoms with Crippen LogP contribution in [0.1, 0.15) is 24.8 Å². The highest BCUT2D eigenvalue weighted by Gasteiger charge is 2.44. The third kappa shape index (κ3) is 6.25. The Kier molecular flexibility index (Phi) is 10.0. The number of aliphatic hydroxyl groups excluding tert-OH is 4. The average molecular weight is 695 g/mol. The first-order chi connectivity index (χ1) is 23.8. The van der Waals surface area contributed by atoms with Crippen LogP contribution in [-0.2, 0) is 24.4 Å². The molecule has 2 aromatic heterocycles. The van der Waals surface area contributed by atoms with Gasteiger partial charge in [-0.3, -0.25) is 28.5 Å². The maximum atomic E-state index is 14.2. The molecule has 0 saturated carbocycles. The number of hydrogen-bond acceptors (Lipinski definition) is 14. The molecular formula is C33H42N8O9. The molecule has 50 heavy (non-hydrogen) atoms. The van der Waals surface area contributed by atoms with Crippen LogP contribution in [0.2, 0.25) is 0 Å². The summed E-state index contributed by atoms with van der Waals surface area (Å²) in [6.07, 6.45) is -4.65. The summed E-state index contributed by atoms with van der Waals surface area (Å²) >= 11 is 0. The molecule has 1 saturated heterocycles. The van der Waals surface area contributed by atoms with Crippen LogP contribution in [-0.4, -0.2) is 132 Å². The molecular weight excluding hydrogens is 652 g/mol. The van der Waals surface area contributed by atoms with Crippen LogP contribution in [0.5, 0.6) is 5.88 Å². The van der Waals surface area contributed by atoms with Gasteiger partial charge in [0.15, 0.2) is 6.23 Å². The van der Waals surface area contributed by atoms with E-state index in [-0.39, 0.29) is 63.9 Å². The lowest BCUT2D eigenvalue weighted by atomic mass is 9.90. The summed E-state index contributed by atoms with van der Waals surface area (Å²) < 4.78 is 9.17. The summed E-state index contributed by atoms with van der Waals surface area (Å²) in [6, 6.07) is 4.67. The maximum absolute atomic E-state index is 14.2. The molecule has 1 aliphatic carbocycles. The summed E-state index contributed by atoms with van der Waals surface area (Å²) in [5.41, 5.74) is -0.810. The number of nitrogens with zero attached hydrogens (tertiary/aromatic N) is 8. The Morgan fingerprint density at radius 1 is 0.860 bits per heavy atom. The Bertz CT molecular complexity index is 2190. The largest absolute Gasteiger partial charge is 0.494 e. The van der Waals surface area contributed by atoms with Gasteiger partial charge < -0.3 is 40.1 Å². The normalized spacial score (nSPS) is 22.0. The summed E-state index contributed by atoms with van der Waals surface area (Å²) in [6.45, 7) is 0.947. The van der Waals surface area contributed by atoms with E-state index in [1.54, 1.807) is 12.1 Å². The molecule has 268 valence electrons. The van der Waals surface area contributed by atoms with Crippen LogP contribution >= 0.6 is 0 Å². The molecule has 3 aromatic rings. The molecule has 0 radical (unpaired) electrons. The molecule has 4 heterocycles. The SMILES string of the molecule is CN(C)CCCn1c(O)c2ccc3c4c2c(c(=NCc2cn([C@@H]5O[C@H](CO)[C@@H](O)[C@H](O)[C@H]5O)nn2)cc-4c(=O)n(CCCN(C)C)c3=O)c1=O. The van der Waals surface area contributed by atoms with Gasteiger partial charge in [-0.25, -0.2) is 4.68 Å². The van der Waals surface area contributed by atoms with Crippen LogP contribution in [0.25, 0.3) is 32.7 Å². The van der Waals surface area contributed by atoms with Crippen molar-refractivity contribution in [3.05, 3.63) is 66.5 Å². The zero-order valence-electron chi connectivity index (χ0n) is 28.3. The van der Waals surface area contributed by atoms with Crippen molar-refractivity contribution in [3.63, 3.8) is 0 Å². The number of ether oxygens (including phenoxy) is 1. The lowest BCUT2D eigenvalue weighted by Crippen LogP contribution is -2.56. The summed E-state index contributed by atoms with van der Waals surface area (Å²) in [5.74, 6) is -0.272. The molecule has 17 heteroatoms. The van der Waals surface area contributed by atoms with Gasteiger partial charge in [-0.15, -0.1) is 5.10 Å². The van der Waals surface area contributed by atoms with Crippen LogP contribution in [0.3, 0.4) is 0 Å². The molecule has 0 spiro atoms. The van der Waals surface area contributed by atoms with E-state index >= 15 is 0 Å². The zero-order valence-corrected chi connectivity index (χ0v) is 28.3. The number of rotatable bonds is 12. The molecule has 0 bridgehead atoms. The van der Waals surface area contributed by atoms with Gasteiger partial charge in [-0.05, 0) is 72.3 Å². The van der Waals surface area contributed by atoms with E-state index in [1.807, 2.05) is 38.0 Å². The number of aromatic hydroxyl groups is 1. The fourth-order valence-corrected chi connectivity index (χ4v) is 6.66. The van der Waals surface area contributed by atoms with Crippen LogP contribution < -0.4 is 22.0 Å². The van der Waals surface area contributed by atoms with E-state index in [2.05, 4.69) is 10.3 Å². The highest BCUT2D eigenvalue weighted by molar-refractivity contribution is 6.15.